The molecule has 1 saturated heterocycles. The van der Waals surface area contributed by atoms with Gasteiger partial charge in [-0.15, -0.1) is 0 Å². The molecule has 5 heteroatoms. The molecule has 0 spiro atoms. The van der Waals surface area contributed by atoms with Gasteiger partial charge in [-0.1, -0.05) is 0 Å². The van der Waals surface area contributed by atoms with Gasteiger partial charge in [0.15, 0.2) is 0 Å². The van der Waals surface area contributed by atoms with Crippen LogP contribution in [0.25, 0.3) is 0 Å². The zero-order valence-corrected chi connectivity index (χ0v) is 11.8. The average Bonchev–Trinajstić information content (AvgIpc) is 2.32. The van der Waals surface area contributed by atoms with Crippen LogP contribution in [0.15, 0.2) is 22.7 Å². The molecular formula is C13H16BrFN2O. The van der Waals surface area contributed by atoms with Crippen molar-refractivity contribution in [1.82, 2.24) is 4.90 Å². The Labute approximate surface area is 114 Å². The SMILES string of the molecule is CC1CC(N)CCN1C(=O)c1ccc(Br)c(F)c1. The van der Waals surface area contributed by atoms with E-state index < -0.39 is 5.82 Å². The highest BCUT2D eigenvalue weighted by molar-refractivity contribution is 9.10. The minimum Gasteiger partial charge on any atom is -0.336 e. The average molecular weight is 315 g/mol. The predicted molar refractivity (Wildman–Crippen MR) is 71.8 cm³/mol. The maximum atomic E-state index is 13.4. The maximum Gasteiger partial charge on any atom is 0.254 e. The van der Waals surface area contributed by atoms with E-state index in [0.29, 0.717) is 16.6 Å². The Kier molecular flexibility index (Phi) is 4.02. The predicted octanol–water partition coefficient (Wildman–Crippen LogP) is 2.54. The molecule has 0 bridgehead atoms. The third-order valence-electron chi connectivity index (χ3n) is 3.34. The van der Waals surface area contributed by atoms with E-state index in [1.807, 2.05) is 6.92 Å². The molecule has 2 rings (SSSR count). The zero-order chi connectivity index (χ0) is 13.3. The van der Waals surface area contributed by atoms with E-state index in [9.17, 15) is 9.18 Å². The third-order valence-corrected chi connectivity index (χ3v) is 3.99. The van der Waals surface area contributed by atoms with Crippen LogP contribution in [0, 0.1) is 5.82 Å². The molecule has 0 saturated carbocycles. The van der Waals surface area contributed by atoms with Crippen molar-refractivity contribution < 1.29 is 9.18 Å². The van der Waals surface area contributed by atoms with E-state index in [4.69, 9.17) is 5.73 Å². The quantitative estimate of drug-likeness (QED) is 0.866. The van der Waals surface area contributed by atoms with E-state index in [2.05, 4.69) is 15.9 Å². The summed E-state index contributed by atoms with van der Waals surface area (Å²) in [5, 5.41) is 0. The van der Waals surface area contributed by atoms with Crippen LogP contribution in [0.3, 0.4) is 0 Å². The van der Waals surface area contributed by atoms with Crippen LogP contribution in [0.5, 0.6) is 0 Å². The van der Waals surface area contributed by atoms with Crippen molar-refractivity contribution in [2.75, 3.05) is 6.54 Å². The van der Waals surface area contributed by atoms with Gasteiger partial charge in [0.05, 0.1) is 4.47 Å². The molecule has 1 aliphatic heterocycles. The fraction of sp³-hybridized carbons (Fsp3) is 0.462. The molecule has 18 heavy (non-hydrogen) atoms. The fourth-order valence-corrected chi connectivity index (χ4v) is 2.55. The van der Waals surface area contributed by atoms with Crippen molar-refractivity contribution in [1.29, 1.82) is 0 Å². The third kappa shape index (κ3) is 2.72. The molecule has 0 radical (unpaired) electrons. The summed E-state index contributed by atoms with van der Waals surface area (Å²) in [6.45, 7) is 2.62. The number of hydrogen-bond acceptors (Lipinski definition) is 2. The fourth-order valence-electron chi connectivity index (χ4n) is 2.31. The number of halogens is 2. The van der Waals surface area contributed by atoms with Crippen molar-refractivity contribution in [3.63, 3.8) is 0 Å². The molecule has 1 aliphatic rings. The number of carbonyl (C=O) groups is 1. The Morgan fingerprint density at radius 2 is 2.28 bits per heavy atom. The highest BCUT2D eigenvalue weighted by Crippen LogP contribution is 2.21. The number of hydrogen-bond donors (Lipinski definition) is 1. The van der Waals surface area contributed by atoms with Crippen LogP contribution < -0.4 is 5.73 Å². The van der Waals surface area contributed by atoms with Crippen LogP contribution in [-0.4, -0.2) is 29.4 Å². The highest BCUT2D eigenvalue weighted by atomic mass is 79.9. The Morgan fingerprint density at radius 3 is 2.89 bits per heavy atom. The van der Waals surface area contributed by atoms with Crippen molar-refractivity contribution >= 4 is 21.8 Å². The largest absolute Gasteiger partial charge is 0.336 e. The lowest BCUT2D eigenvalue weighted by atomic mass is 9.98. The second kappa shape index (κ2) is 5.36. The van der Waals surface area contributed by atoms with E-state index in [-0.39, 0.29) is 18.0 Å². The number of piperidine rings is 1. The van der Waals surface area contributed by atoms with Crippen LogP contribution in [-0.2, 0) is 0 Å². The molecule has 2 N–H and O–H groups in total. The first-order valence-corrected chi connectivity index (χ1v) is 6.80. The number of amides is 1. The van der Waals surface area contributed by atoms with Gasteiger partial charge < -0.3 is 10.6 Å². The van der Waals surface area contributed by atoms with Crippen molar-refractivity contribution in [2.45, 2.75) is 31.8 Å². The molecule has 0 aliphatic carbocycles. The number of nitrogens with two attached hydrogens (primary N) is 1. The molecule has 1 amide bonds. The molecule has 1 aromatic carbocycles. The summed E-state index contributed by atoms with van der Waals surface area (Å²) in [6.07, 6.45) is 1.60. The molecule has 98 valence electrons. The first kappa shape index (κ1) is 13.5. The number of carbonyl (C=O) groups excluding carboxylic acids is 1. The van der Waals surface area contributed by atoms with Gasteiger partial charge in [0.25, 0.3) is 5.91 Å². The zero-order valence-electron chi connectivity index (χ0n) is 10.2. The van der Waals surface area contributed by atoms with Gasteiger partial charge in [-0.2, -0.15) is 0 Å². The van der Waals surface area contributed by atoms with E-state index in [0.717, 1.165) is 12.8 Å². The molecule has 1 heterocycles. The lowest BCUT2D eigenvalue weighted by molar-refractivity contribution is 0.0618. The molecular weight excluding hydrogens is 299 g/mol. The number of benzene rings is 1. The molecule has 0 aromatic heterocycles. The maximum absolute atomic E-state index is 13.4. The molecule has 2 unspecified atom stereocenters. The normalized spacial score (nSPS) is 24.1. The smallest absolute Gasteiger partial charge is 0.254 e. The Hall–Kier alpha value is -0.940. The summed E-state index contributed by atoms with van der Waals surface area (Å²) in [4.78, 5) is 14.1. The highest BCUT2D eigenvalue weighted by Gasteiger charge is 2.27. The Morgan fingerprint density at radius 1 is 1.56 bits per heavy atom. The summed E-state index contributed by atoms with van der Waals surface area (Å²) >= 11 is 3.08. The van der Waals surface area contributed by atoms with Gasteiger partial charge in [-0.05, 0) is 53.9 Å². The van der Waals surface area contributed by atoms with Gasteiger partial charge in [-0.25, -0.2) is 4.39 Å². The Bertz CT molecular complexity index is 466. The number of likely N-dealkylation sites (tertiary alicyclic amines) is 1. The molecule has 1 aromatic rings. The summed E-state index contributed by atoms with van der Waals surface area (Å²) < 4.78 is 13.8. The topological polar surface area (TPSA) is 46.3 Å². The van der Waals surface area contributed by atoms with Crippen molar-refractivity contribution in [2.24, 2.45) is 5.73 Å². The standard InChI is InChI=1S/C13H16BrFN2O/c1-8-6-10(16)4-5-17(8)13(18)9-2-3-11(14)12(15)7-9/h2-3,7-8,10H,4-6,16H2,1H3. The van der Waals surface area contributed by atoms with Gasteiger partial charge in [-0.3, -0.25) is 4.79 Å². The van der Waals surface area contributed by atoms with E-state index in [1.165, 1.54) is 6.07 Å². The van der Waals surface area contributed by atoms with E-state index >= 15 is 0 Å². The van der Waals surface area contributed by atoms with Gasteiger partial charge >= 0.3 is 0 Å². The van der Waals surface area contributed by atoms with Crippen LogP contribution in [0.4, 0.5) is 4.39 Å². The van der Waals surface area contributed by atoms with Crippen molar-refractivity contribution in [3.05, 3.63) is 34.1 Å². The monoisotopic (exact) mass is 314 g/mol. The second-order valence-corrected chi connectivity index (χ2v) is 5.62. The van der Waals surface area contributed by atoms with Gasteiger partial charge in [0.2, 0.25) is 0 Å². The minimum absolute atomic E-state index is 0.105. The lowest BCUT2D eigenvalue weighted by Crippen LogP contribution is -2.48. The first-order valence-electron chi connectivity index (χ1n) is 6.00. The lowest BCUT2D eigenvalue weighted by Gasteiger charge is -2.36. The first-order chi connectivity index (χ1) is 8.49. The van der Waals surface area contributed by atoms with Crippen LogP contribution in [0.1, 0.15) is 30.1 Å². The van der Waals surface area contributed by atoms with Crippen LogP contribution >= 0.6 is 15.9 Å². The van der Waals surface area contributed by atoms with E-state index in [1.54, 1.807) is 17.0 Å². The molecule has 2 atom stereocenters. The summed E-state index contributed by atoms with van der Waals surface area (Å²) in [7, 11) is 0. The van der Waals surface area contributed by atoms with Crippen molar-refractivity contribution in [3.8, 4) is 0 Å². The molecule has 1 fully saturated rings. The van der Waals surface area contributed by atoms with Gasteiger partial charge in [0, 0.05) is 24.2 Å². The minimum atomic E-state index is -0.415. The number of rotatable bonds is 1. The molecule has 3 nitrogen and oxygen atoms in total. The van der Waals surface area contributed by atoms with Gasteiger partial charge in [0.1, 0.15) is 5.82 Å². The van der Waals surface area contributed by atoms with Crippen LogP contribution in [0.2, 0.25) is 0 Å². The second-order valence-electron chi connectivity index (χ2n) is 4.76. The summed E-state index contributed by atoms with van der Waals surface area (Å²) in [6, 6.07) is 4.73. The summed E-state index contributed by atoms with van der Waals surface area (Å²) in [5.74, 6) is -0.539. The number of nitrogens with zero attached hydrogens (tertiary/aromatic N) is 1. The summed E-state index contributed by atoms with van der Waals surface area (Å²) in [5.41, 5.74) is 6.25. The Balaban J connectivity index is 2.18.